The number of hydrogen-bond acceptors (Lipinski definition) is 5. The van der Waals surface area contributed by atoms with Gasteiger partial charge in [-0.1, -0.05) is 30.3 Å². The third-order valence-corrected chi connectivity index (χ3v) is 6.77. The first-order chi connectivity index (χ1) is 16.3. The quantitative estimate of drug-likeness (QED) is 0.306. The van der Waals surface area contributed by atoms with Crippen molar-refractivity contribution in [2.24, 2.45) is 5.73 Å². The van der Waals surface area contributed by atoms with Crippen molar-refractivity contribution in [2.75, 3.05) is 19.8 Å². The fraction of sp³-hybridized carbons (Fsp3) is 0.520. The highest BCUT2D eigenvalue weighted by atomic mass is 31.1. The average Bonchev–Trinajstić information content (AvgIpc) is 2.84. The standard InChI is InChI=1S/C25H33F3NO4P/c26-25(27,28)22-15-18(12-13-24(29,16-30)17-33-34-31)10-11-23(22)32-14-4-8-20-7-3-6-19-5-1-2-9-21(19)20/h1-2,5,9-11,15,20,30H,3-4,6-8,12-14,16-17,29,34H2. The maximum Gasteiger partial charge on any atom is 0.419 e. The van der Waals surface area contributed by atoms with Gasteiger partial charge in [-0.2, -0.15) is 13.2 Å². The zero-order valence-corrected chi connectivity index (χ0v) is 20.3. The van der Waals surface area contributed by atoms with E-state index in [1.165, 1.54) is 17.2 Å². The second-order valence-corrected chi connectivity index (χ2v) is 9.56. The number of ether oxygens (including phenoxy) is 1. The molecule has 2 aromatic carbocycles. The largest absolute Gasteiger partial charge is 0.493 e. The number of aryl methyl sites for hydroxylation is 2. The van der Waals surface area contributed by atoms with E-state index in [0.717, 1.165) is 31.7 Å². The van der Waals surface area contributed by atoms with Crippen molar-refractivity contribution >= 4 is 8.69 Å². The highest BCUT2D eigenvalue weighted by Gasteiger charge is 2.35. The molecule has 34 heavy (non-hydrogen) atoms. The molecule has 0 fully saturated rings. The Labute approximate surface area is 199 Å². The van der Waals surface area contributed by atoms with Gasteiger partial charge in [-0.25, -0.2) is 0 Å². The molecule has 0 amide bonds. The zero-order valence-electron chi connectivity index (χ0n) is 19.2. The van der Waals surface area contributed by atoms with E-state index in [2.05, 4.69) is 12.1 Å². The van der Waals surface area contributed by atoms with E-state index < -0.39 is 32.6 Å². The number of benzene rings is 2. The van der Waals surface area contributed by atoms with E-state index in [9.17, 15) is 22.8 Å². The number of aliphatic hydroxyl groups is 1. The summed E-state index contributed by atoms with van der Waals surface area (Å²) < 4.78 is 62.1. The van der Waals surface area contributed by atoms with Crippen molar-refractivity contribution in [1.29, 1.82) is 0 Å². The third-order valence-electron chi connectivity index (χ3n) is 6.46. The summed E-state index contributed by atoms with van der Waals surface area (Å²) in [4.78, 5) is 0. The van der Waals surface area contributed by atoms with E-state index in [1.807, 2.05) is 12.1 Å². The molecular weight excluding hydrogens is 466 g/mol. The predicted octanol–water partition coefficient (Wildman–Crippen LogP) is 5.29. The molecule has 3 atom stereocenters. The Kier molecular flexibility index (Phi) is 9.60. The first-order valence-electron chi connectivity index (χ1n) is 11.6. The summed E-state index contributed by atoms with van der Waals surface area (Å²) in [6.07, 6.45) is 0.696. The Morgan fingerprint density at radius 2 is 1.97 bits per heavy atom. The number of alkyl halides is 3. The maximum absolute atomic E-state index is 13.7. The molecule has 3 rings (SSSR count). The van der Waals surface area contributed by atoms with Gasteiger partial charge in [-0.05, 0) is 79.7 Å². The molecular formula is C25H33F3NO4P. The molecule has 0 saturated heterocycles. The van der Waals surface area contributed by atoms with E-state index in [4.69, 9.17) is 15.0 Å². The van der Waals surface area contributed by atoms with Crippen LogP contribution >= 0.6 is 8.69 Å². The van der Waals surface area contributed by atoms with Crippen LogP contribution in [0.3, 0.4) is 0 Å². The second kappa shape index (κ2) is 12.2. The Balaban J connectivity index is 1.59. The van der Waals surface area contributed by atoms with Crippen molar-refractivity contribution in [1.82, 2.24) is 0 Å². The number of fused-ring (bicyclic) bond motifs is 1. The van der Waals surface area contributed by atoms with Gasteiger partial charge < -0.3 is 20.1 Å². The topological polar surface area (TPSA) is 81.8 Å². The van der Waals surface area contributed by atoms with Crippen LogP contribution in [0.5, 0.6) is 5.75 Å². The Morgan fingerprint density at radius 3 is 2.71 bits per heavy atom. The van der Waals surface area contributed by atoms with Crippen LogP contribution in [-0.2, 0) is 28.1 Å². The third kappa shape index (κ3) is 7.32. The average molecular weight is 500 g/mol. The van der Waals surface area contributed by atoms with Crippen molar-refractivity contribution < 1.29 is 32.1 Å². The van der Waals surface area contributed by atoms with Gasteiger partial charge in [0.2, 0.25) is 0 Å². The highest BCUT2D eigenvalue weighted by Crippen LogP contribution is 2.38. The Hall–Kier alpha value is -1.86. The van der Waals surface area contributed by atoms with Gasteiger partial charge in [0, 0.05) is 0 Å². The van der Waals surface area contributed by atoms with E-state index in [-0.39, 0.29) is 31.8 Å². The lowest BCUT2D eigenvalue weighted by atomic mass is 9.80. The summed E-state index contributed by atoms with van der Waals surface area (Å²) in [5.74, 6) is 0.244. The van der Waals surface area contributed by atoms with Crippen LogP contribution in [0.25, 0.3) is 0 Å². The van der Waals surface area contributed by atoms with Gasteiger partial charge in [0.05, 0.1) is 30.9 Å². The van der Waals surface area contributed by atoms with Crippen LogP contribution in [0.2, 0.25) is 0 Å². The summed E-state index contributed by atoms with van der Waals surface area (Å²) in [6, 6.07) is 12.4. The highest BCUT2D eigenvalue weighted by molar-refractivity contribution is 7.17. The molecule has 0 radical (unpaired) electrons. The van der Waals surface area contributed by atoms with Gasteiger partial charge >= 0.3 is 6.18 Å². The lowest BCUT2D eigenvalue weighted by molar-refractivity contribution is -0.139. The predicted molar refractivity (Wildman–Crippen MR) is 127 cm³/mol. The summed E-state index contributed by atoms with van der Waals surface area (Å²) >= 11 is 0. The molecule has 0 aliphatic heterocycles. The zero-order chi connectivity index (χ0) is 24.6. The van der Waals surface area contributed by atoms with Crippen LogP contribution in [0.15, 0.2) is 42.5 Å². The summed E-state index contributed by atoms with van der Waals surface area (Å²) in [5, 5.41) is 9.49. The normalized spacial score (nSPS) is 18.1. The van der Waals surface area contributed by atoms with Crippen LogP contribution in [-0.4, -0.2) is 30.5 Å². The molecule has 2 aromatic rings. The van der Waals surface area contributed by atoms with Crippen molar-refractivity contribution in [3.05, 3.63) is 64.7 Å². The number of rotatable bonds is 12. The summed E-state index contributed by atoms with van der Waals surface area (Å²) in [7, 11) is -1.47. The van der Waals surface area contributed by atoms with E-state index >= 15 is 0 Å². The van der Waals surface area contributed by atoms with Crippen LogP contribution in [0.1, 0.15) is 60.3 Å². The molecule has 0 saturated carbocycles. The molecule has 5 nitrogen and oxygen atoms in total. The fourth-order valence-electron chi connectivity index (χ4n) is 4.54. The Bertz CT molecular complexity index is 956. The monoisotopic (exact) mass is 499 g/mol. The minimum atomic E-state index is -4.56. The minimum absolute atomic E-state index is 0.124. The van der Waals surface area contributed by atoms with Crippen molar-refractivity contribution in [3.8, 4) is 5.75 Å². The SMILES string of the molecule is NC(CO)(CCc1ccc(OCCCC2CCCc3ccccc32)c(C(F)(F)F)c1)CO[PH2]=O. The molecule has 0 bridgehead atoms. The van der Waals surface area contributed by atoms with Gasteiger partial charge in [-0.3, -0.25) is 4.57 Å². The van der Waals surface area contributed by atoms with Crippen molar-refractivity contribution in [2.45, 2.75) is 62.6 Å². The molecule has 3 N–H and O–H groups in total. The van der Waals surface area contributed by atoms with Gasteiger partial charge in [-0.15, -0.1) is 0 Å². The molecule has 1 aliphatic rings. The van der Waals surface area contributed by atoms with Gasteiger partial charge in [0.15, 0.2) is 8.69 Å². The summed E-state index contributed by atoms with van der Waals surface area (Å²) in [6.45, 7) is -0.335. The minimum Gasteiger partial charge on any atom is -0.493 e. The maximum atomic E-state index is 13.7. The van der Waals surface area contributed by atoms with Crippen LogP contribution in [0.4, 0.5) is 13.2 Å². The molecule has 0 spiro atoms. The number of halogens is 3. The van der Waals surface area contributed by atoms with Gasteiger partial charge in [0.25, 0.3) is 0 Å². The first kappa shape index (κ1) is 26.7. The number of hydrogen-bond donors (Lipinski definition) is 2. The molecule has 3 unspecified atom stereocenters. The lowest BCUT2D eigenvalue weighted by Gasteiger charge is -2.26. The van der Waals surface area contributed by atoms with Crippen molar-refractivity contribution in [3.63, 3.8) is 0 Å². The number of nitrogens with two attached hydrogens (primary N) is 1. The molecule has 188 valence electrons. The Morgan fingerprint density at radius 1 is 1.18 bits per heavy atom. The lowest BCUT2D eigenvalue weighted by Crippen LogP contribution is -2.47. The second-order valence-electron chi connectivity index (χ2n) is 9.03. The fourth-order valence-corrected chi connectivity index (χ4v) is 4.94. The summed E-state index contributed by atoms with van der Waals surface area (Å²) in [5.41, 5.74) is 7.18. The molecule has 0 aromatic heterocycles. The van der Waals surface area contributed by atoms with E-state index in [0.29, 0.717) is 17.9 Å². The van der Waals surface area contributed by atoms with Gasteiger partial charge in [0.1, 0.15) is 5.75 Å². The number of aliphatic hydroxyl groups excluding tert-OH is 1. The van der Waals surface area contributed by atoms with Crippen LogP contribution in [0, 0.1) is 0 Å². The smallest absolute Gasteiger partial charge is 0.419 e. The van der Waals surface area contributed by atoms with Crippen LogP contribution < -0.4 is 10.5 Å². The van der Waals surface area contributed by atoms with E-state index in [1.54, 1.807) is 6.07 Å². The molecule has 1 aliphatic carbocycles. The molecule has 9 heteroatoms. The first-order valence-corrected chi connectivity index (χ1v) is 12.6. The molecule has 0 heterocycles.